The Labute approximate surface area is 203 Å². The Balaban J connectivity index is 1.27. The van der Waals surface area contributed by atoms with Crippen molar-refractivity contribution in [3.05, 3.63) is 60.4 Å². The van der Waals surface area contributed by atoms with Gasteiger partial charge in [-0.2, -0.15) is 0 Å². The van der Waals surface area contributed by atoms with Crippen molar-refractivity contribution < 1.29 is 13.2 Å². The average Bonchev–Trinajstić information content (AvgIpc) is 3.45. The number of fused-ring (bicyclic) bond motifs is 1. The van der Waals surface area contributed by atoms with E-state index in [0.717, 1.165) is 59.6 Å². The van der Waals surface area contributed by atoms with E-state index < -0.39 is 9.84 Å². The summed E-state index contributed by atoms with van der Waals surface area (Å²) in [5.74, 6) is 0.752. The SMILES string of the molecule is CCCc1cnc(N2CC[C@@H](Oc3nc4ccc(-c5ccc(S(C)(=O)=O)cc5)cc4s3)C2)nc1. The molecule has 176 valence electrons. The number of hydrogen-bond donors (Lipinski definition) is 0. The molecule has 0 bridgehead atoms. The summed E-state index contributed by atoms with van der Waals surface area (Å²) in [6, 6.07) is 13.0. The molecule has 0 aliphatic carbocycles. The first kappa shape index (κ1) is 22.7. The van der Waals surface area contributed by atoms with Crippen LogP contribution in [-0.2, 0) is 16.3 Å². The second-order valence-electron chi connectivity index (χ2n) is 8.57. The zero-order chi connectivity index (χ0) is 23.7. The van der Waals surface area contributed by atoms with E-state index >= 15 is 0 Å². The van der Waals surface area contributed by atoms with E-state index in [1.54, 1.807) is 12.1 Å². The molecule has 4 aromatic rings. The summed E-state index contributed by atoms with van der Waals surface area (Å²) in [4.78, 5) is 16.2. The number of anilines is 1. The van der Waals surface area contributed by atoms with Crippen molar-refractivity contribution >= 4 is 37.3 Å². The number of rotatable bonds is 7. The normalized spacial score (nSPS) is 16.3. The summed E-state index contributed by atoms with van der Waals surface area (Å²) in [6.07, 6.45) is 8.07. The van der Waals surface area contributed by atoms with E-state index in [2.05, 4.69) is 32.8 Å². The monoisotopic (exact) mass is 494 g/mol. The Kier molecular flexibility index (Phi) is 6.22. The van der Waals surface area contributed by atoms with Crippen LogP contribution in [-0.4, -0.2) is 48.8 Å². The summed E-state index contributed by atoms with van der Waals surface area (Å²) >= 11 is 1.53. The van der Waals surface area contributed by atoms with Gasteiger partial charge < -0.3 is 9.64 Å². The molecule has 1 aliphatic rings. The van der Waals surface area contributed by atoms with Gasteiger partial charge in [0.1, 0.15) is 6.10 Å². The lowest BCUT2D eigenvalue weighted by Gasteiger charge is -2.16. The number of thiazole rings is 1. The molecule has 7 nitrogen and oxygen atoms in total. The third-order valence-corrected chi connectivity index (χ3v) is 7.95. The van der Waals surface area contributed by atoms with Gasteiger partial charge in [0.15, 0.2) is 9.84 Å². The quantitative estimate of drug-likeness (QED) is 0.366. The first-order valence-corrected chi connectivity index (χ1v) is 14.0. The maximum atomic E-state index is 11.7. The largest absolute Gasteiger partial charge is 0.465 e. The van der Waals surface area contributed by atoms with Crippen molar-refractivity contribution in [2.45, 2.75) is 37.2 Å². The first-order chi connectivity index (χ1) is 16.4. The summed E-state index contributed by atoms with van der Waals surface area (Å²) in [7, 11) is -3.21. The lowest BCUT2D eigenvalue weighted by Crippen LogP contribution is -2.26. The Morgan fingerprint density at radius 2 is 1.82 bits per heavy atom. The number of benzene rings is 2. The molecule has 3 heterocycles. The summed E-state index contributed by atoms with van der Waals surface area (Å²) in [5, 5.41) is 0.658. The van der Waals surface area contributed by atoms with Crippen LogP contribution < -0.4 is 9.64 Å². The molecule has 1 fully saturated rings. The van der Waals surface area contributed by atoms with Crippen molar-refractivity contribution in [1.82, 2.24) is 15.0 Å². The van der Waals surface area contributed by atoms with Gasteiger partial charge in [0.25, 0.3) is 5.19 Å². The summed E-state index contributed by atoms with van der Waals surface area (Å²) in [5.41, 5.74) is 4.03. The van der Waals surface area contributed by atoms with E-state index in [-0.39, 0.29) is 6.10 Å². The van der Waals surface area contributed by atoms with Crippen molar-refractivity contribution in [1.29, 1.82) is 0 Å². The number of hydrogen-bond acceptors (Lipinski definition) is 8. The first-order valence-electron chi connectivity index (χ1n) is 11.3. The second-order valence-corrected chi connectivity index (χ2v) is 11.6. The third-order valence-electron chi connectivity index (χ3n) is 5.91. The Hall–Kier alpha value is -3.04. The number of aromatic nitrogens is 3. The van der Waals surface area contributed by atoms with E-state index in [9.17, 15) is 8.42 Å². The molecular formula is C25H26N4O3S2. The minimum absolute atomic E-state index is 0.0440. The van der Waals surface area contributed by atoms with Gasteiger partial charge in [0.05, 0.1) is 21.7 Å². The molecule has 0 amide bonds. The van der Waals surface area contributed by atoms with E-state index in [1.807, 2.05) is 36.7 Å². The van der Waals surface area contributed by atoms with Gasteiger partial charge in [-0.15, -0.1) is 0 Å². The molecule has 2 aromatic heterocycles. The zero-order valence-corrected chi connectivity index (χ0v) is 20.8. The molecule has 9 heteroatoms. The Morgan fingerprint density at radius 3 is 2.53 bits per heavy atom. The van der Waals surface area contributed by atoms with E-state index in [4.69, 9.17) is 4.74 Å². The van der Waals surface area contributed by atoms with Gasteiger partial charge in [0, 0.05) is 31.6 Å². The Bertz CT molecular complexity index is 1400. The van der Waals surface area contributed by atoms with Gasteiger partial charge in [-0.25, -0.2) is 23.4 Å². The number of aryl methyl sites for hydroxylation is 1. The molecule has 1 aliphatic heterocycles. The molecule has 0 unspecified atom stereocenters. The molecule has 5 rings (SSSR count). The van der Waals surface area contributed by atoms with Crippen LogP contribution in [0.5, 0.6) is 5.19 Å². The van der Waals surface area contributed by atoms with Gasteiger partial charge in [0.2, 0.25) is 5.95 Å². The predicted molar refractivity (Wildman–Crippen MR) is 135 cm³/mol. The second kappa shape index (κ2) is 9.31. The molecule has 0 radical (unpaired) electrons. The van der Waals surface area contributed by atoms with Gasteiger partial charge in [-0.1, -0.05) is 42.9 Å². The maximum Gasteiger partial charge on any atom is 0.274 e. The third kappa shape index (κ3) is 4.90. The highest BCUT2D eigenvalue weighted by atomic mass is 32.2. The molecule has 0 saturated carbocycles. The summed E-state index contributed by atoms with van der Waals surface area (Å²) < 4.78 is 30.7. The molecule has 0 N–H and O–H groups in total. The minimum atomic E-state index is -3.21. The van der Waals surface area contributed by atoms with Crippen molar-refractivity contribution in [2.75, 3.05) is 24.2 Å². The number of sulfone groups is 1. The smallest absolute Gasteiger partial charge is 0.274 e. The molecule has 34 heavy (non-hydrogen) atoms. The number of ether oxygens (including phenoxy) is 1. The van der Waals surface area contributed by atoms with Crippen LogP contribution in [0.2, 0.25) is 0 Å². The van der Waals surface area contributed by atoms with Crippen LogP contribution in [0.25, 0.3) is 21.3 Å². The minimum Gasteiger partial charge on any atom is -0.465 e. The van der Waals surface area contributed by atoms with E-state index in [0.29, 0.717) is 10.1 Å². The van der Waals surface area contributed by atoms with Gasteiger partial charge in [-0.3, -0.25) is 0 Å². The van der Waals surface area contributed by atoms with Gasteiger partial charge >= 0.3 is 0 Å². The standard InChI is InChI=1S/C25H26N4O3S2/c1-3-4-17-14-26-24(27-15-17)29-12-11-20(16-29)32-25-28-22-10-7-19(13-23(22)33-25)18-5-8-21(9-6-18)34(2,30)31/h5-10,13-15,20H,3-4,11-12,16H2,1-2H3/t20-/m1/s1. The average molecular weight is 495 g/mol. The van der Waals surface area contributed by atoms with Crippen LogP contribution >= 0.6 is 11.3 Å². The predicted octanol–water partition coefficient (Wildman–Crippen LogP) is 4.77. The zero-order valence-electron chi connectivity index (χ0n) is 19.1. The van der Waals surface area contributed by atoms with E-state index in [1.165, 1.54) is 23.2 Å². The number of nitrogens with zero attached hydrogens (tertiary/aromatic N) is 4. The molecular weight excluding hydrogens is 468 g/mol. The van der Waals surface area contributed by atoms with Crippen LogP contribution in [0.3, 0.4) is 0 Å². The fourth-order valence-corrected chi connectivity index (χ4v) is 5.66. The van der Waals surface area contributed by atoms with Crippen LogP contribution in [0.1, 0.15) is 25.3 Å². The highest BCUT2D eigenvalue weighted by Gasteiger charge is 2.26. The molecule has 1 saturated heterocycles. The topological polar surface area (TPSA) is 85.3 Å². The van der Waals surface area contributed by atoms with Crippen molar-refractivity contribution in [2.24, 2.45) is 0 Å². The summed E-state index contributed by atoms with van der Waals surface area (Å²) in [6.45, 7) is 3.74. The molecule has 1 atom stereocenters. The van der Waals surface area contributed by atoms with Crippen molar-refractivity contribution in [3.63, 3.8) is 0 Å². The lowest BCUT2D eigenvalue weighted by molar-refractivity contribution is 0.224. The van der Waals surface area contributed by atoms with Crippen LogP contribution in [0, 0.1) is 0 Å². The fraction of sp³-hybridized carbons (Fsp3) is 0.320. The van der Waals surface area contributed by atoms with Crippen molar-refractivity contribution in [3.8, 4) is 16.3 Å². The van der Waals surface area contributed by atoms with Crippen LogP contribution in [0.15, 0.2) is 59.8 Å². The Morgan fingerprint density at radius 1 is 1.09 bits per heavy atom. The lowest BCUT2D eigenvalue weighted by atomic mass is 10.1. The highest BCUT2D eigenvalue weighted by molar-refractivity contribution is 7.90. The molecule has 0 spiro atoms. The fourth-order valence-electron chi connectivity index (χ4n) is 4.11. The molecule has 2 aromatic carbocycles. The maximum absolute atomic E-state index is 11.7. The van der Waals surface area contributed by atoms with Gasteiger partial charge in [-0.05, 0) is 47.4 Å². The highest BCUT2D eigenvalue weighted by Crippen LogP contribution is 2.33. The van der Waals surface area contributed by atoms with Crippen LogP contribution in [0.4, 0.5) is 5.95 Å².